The summed E-state index contributed by atoms with van der Waals surface area (Å²) < 4.78 is 7.88. The summed E-state index contributed by atoms with van der Waals surface area (Å²) in [7, 11) is 1.96. The molecule has 23 heavy (non-hydrogen) atoms. The van der Waals surface area contributed by atoms with Crippen molar-refractivity contribution < 1.29 is 9.53 Å². The van der Waals surface area contributed by atoms with Gasteiger partial charge in [0, 0.05) is 38.5 Å². The molecule has 0 bridgehead atoms. The number of aromatic nitrogens is 4. The highest BCUT2D eigenvalue weighted by atomic mass is 16.5. The van der Waals surface area contributed by atoms with E-state index in [-0.39, 0.29) is 17.9 Å². The van der Waals surface area contributed by atoms with Gasteiger partial charge in [-0.3, -0.25) is 4.79 Å². The number of aryl methyl sites for hydroxylation is 2. The van der Waals surface area contributed by atoms with Crippen molar-refractivity contribution in [1.82, 2.24) is 25.1 Å². The van der Waals surface area contributed by atoms with Gasteiger partial charge in [-0.2, -0.15) is 5.10 Å². The molecular formula is C16H21N5O2. The van der Waals surface area contributed by atoms with Gasteiger partial charge in [-0.25, -0.2) is 4.98 Å². The van der Waals surface area contributed by atoms with Gasteiger partial charge in [0.15, 0.2) is 5.69 Å². The minimum Gasteiger partial charge on any atom is -0.370 e. The quantitative estimate of drug-likeness (QED) is 0.922. The Morgan fingerprint density at radius 3 is 3.00 bits per heavy atom. The summed E-state index contributed by atoms with van der Waals surface area (Å²) in [4.78, 5) is 16.6. The smallest absolute Gasteiger partial charge is 0.271 e. The van der Waals surface area contributed by atoms with Gasteiger partial charge in [0.25, 0.3) is 5.91 Å². The average Bonchev–Trinajstić information content (AvgIpc) is 2.99. The van der Waals surface area contributed by atoms with Crippen molar-refractivity contribution in [2.75, 3.05) is 13.2 Å². The van der Waals surface area contributed by atoms with Gasteiger partial charge in [-0.05, 0) is 31.9 Å². The van der Waals surface area contributed by atoms with Crippen molar-refractivity contribution in [1.29, 1.82) is 0 Å². The number of carbonyl (C=O) groups is 1. The van der Waals surface area contributed by atoms with Crippen LogP contribution in [0.25, 0.3) is 0 Å². The summed E-state index contributed by atoms with van der Waals surface area (Å²) >= 11 is 0. The normalized spacial score (nSPS) is 21.1. The van der Waals surface area contributed by atoms with E-state index in [9.17, 15) is 4.79 Å². The summed E-state index contributed by atoms with van der Waals surface area (Å²) in [6.07, 6.45) is 5.58. The van der Waals surface area contributed by atoms with Gasteiger partial charge >= 0.3 is 0 Å². The fourth-order valence-electron chi connectivity index (χ4n) is 2.82. The maximum absolute atomic E-state index is 12.2. The Bertz CT molecular complexity index is 667. The zero-order chi connectivity index (χ0) is 16.2. The number of ether oxygens (including phenoxy) is 1. The van der Waals surface area contributed by atoms with Crippen LogP contribution in [0, 0.1) is 12.8 Å². The van der Waals surface area contributed by atoms with Crippen LogP contribution in [0.3, 0.4) is 0 Å². The van der Waals surface area contributed by atoms with E-state index in [1.807, 2.05) is 24.7 Å². The largest absolute Gasteiger partial charge is 0.370 e. The van der Waals surface area contributed by atoms with Crippen LogP contribution in [0.5, 0.6) is 0 Å². The fraction of sp³-hybridized carbons (Fsp3) is 0.500. The van der Waals surface area contributed by atoms with Crippen molar-refractivity contribution in [3.8, 4) is 0 Å². The maximum Gasteiger partial charge on any atom is 0.271 e. The molecule has 1 N–H and O–H groups in total. The van der Waals surface area contributed by atoms with Crippen LogP contribution < -0.4 is 5.32 Å². The fourth-order valence-corrected chi connectivity index (χ4v) is 2.82. The molecule has 0 saturated carbocycles. The first-order chi connectivity index (χ1) is 11.1. The van der Waals surface area contributed by atoms with Gasteiger partial charge in [0.1, 0.15) is 11.9 Å². The molecule has 1 aliphatic rings. The highest BCUT2D eigenvalue weighted by Crippen LogP contribution is 2.32. The van der Waals surface area contributed by atoms with Crippen molar-refractivity contribution in [3.63, 3.8) is 0 Å². The Hall–Kier alpha value is -2.28. The molecule has 0 aromatic carbocycles. The van der Waals surface area contributed by atoms with E-state index in [0.717, 1.165) is 31.0 Å². The standard InChI is InChI=1S/C16H21N5O2/c1-11-5-6-13(20-19-11)16(22)18-10-12-4-3-9-23-14(12)15-17-7-8-21(15)2/h5-8,12,14H,3-4,9-10H2,1-2H3,(H,18,22)/t12-,14+/m0/s1. The number of hydrogen-bond acceptors (Lipinski definition) is 5. The number of rotatable bonds is 4. The molecule has 2 atom stereocenters. The lowest BCUT2D eigenvalue weighted by atomic mass is 9.93. The van der Waals surface area contributed by atoms with Gasteiger partial charge < -0.3 is 14.6 Å². The van der Waals surface area contributed by atoms with E-state index in [1.165, 1.54) is 0 Å². The SMILES string of the molecule is Cc1ccc(C(=O)NC[C@@H]2CCCO[C@H]2c2nccn2C)nn1. The first-order valence-electron chi connectivity index (χ1n) is 7.82. The Morgan fingerprint density at radius 2 is 2.30 bits per heavy atom. The Morgan fingerprint density at radius 1 is 1.43 bits per heavy atom. The van der Waals surface area contributed by atoms with E-state index in [1.54, 1.807) is 18.3 Å². The molecule has 7 heteroatoms. The van der Waals surface area contributed by atoms with Crippen LogP contribution in [-0.2, 0) is 11.8 Å². The van der Waals surface area contributed by atoms with E-state index in [2.05, 4.69) is 20.5 Å². The van der Waals surface area contributed by atoms with Crippen LogP contribution >= 0.6 is 0 Å². The van der Waals surface area contributed by atoms with Gasteiger partial charge in [0.2, 0.25) is 0 Å². The topological polar surface area (TPSA) is 81.9 Å². The van der Waals surface area contributed by atoms with Crippen LogP contribution in [0.15, 0.2) is 24.5 Å². The lowest BCUT2D eigenvalue weighted by Crippen LogP contribution is -2.36. The lowest BCUT2D eigenvalue weighted by Gasteiger charge is -2.31. The van der Waals surface area contributed by atoms with Crippen molar-refractivity contribution >= 4 is 5.91 Å². The van der Waals surface area contributed by atoms with Gasteiger partial charge in [-0.15, -0.1) is 5.10 Å². The van der Waals surface area contributed by atoms with E-state index < -0.39 is 0 Å². The zero-order valence-corrected chi connectivity index (χ0v) is 13.4. The molecule has 0 unspecified atom stereocenters. The highest BCUT2D eigenvalue weighted by molar-refractivity contribution is 5.91. The lowest BCUT2D eigenvalue weighted by molar-refractivity contribution is -0.0337. The van der Waals surface area contributed by atoms with Crippen LogP contribution in [0.1, 0.15) is 41.0 Å². The Balaban J connectivity index is 1.64. The maximum atomic E-state index is 12.2. The van der Waals surface area contributed by atoms with Crippen LogP contribution in [-0.4, -0.2) is 38.8 Å². The highest BCUT2D eigenvalue weighted by Gasteiger charge is 2.30. The average molecular weight is 315 g/mol. The number of hydrogen-bond donors (Lipinski definition) is 1. The Kier molecular flexibility index (Phi) is 4.66. The second-order valence-corrected chi connectivity index (χ2v) is 5.86. The molecule has 122 valence electrons. The molecule has 3 rings (SSSR count). The summed E-state index contributed by atoms with van der Waals surface area (Å²) in [6.45, 7) is 3.10. The Labute approximate surface area is 135 Å². The predicted octanol–water partition coefficient (Wildman–Crippen LogP) is 1.42. The predicted molar refractivity (Wildman–Crippen MR) is 83.7 cm³/mol. The molecule has 7 nitrogen and oxygen atoms in total. The number of carbonyl (C=O) groups excluding carboxylic acids is 1. The molecule has 0 spiro atoms. The van der Waals surface area contributed by atoms with Crippen molar-refractivity contribution in [2.24, 2.45) is 13.0 Å². The minimum atomic E-state index is -0.207. The zero-order valence-electron chi connectivity index (χ0n) is 13.4. The molecule has 0 aliphatic carbocycles. The second-order valence-electron chi connectivity index (χ2n) is 5.86. The molecule has 0 radical (unpaired) electrons. The summed E-state index contributed by atoms with van der Waals surface area (Å²) in [5.74, 6) is 0.896. The van der Waals surface area contributed by atoms with E-state index >= 15 is 0 Å². The third-order valence-corrected chi connectivity index (χ3v) is 4.11. The molecule has 1 fully saturated rings. The van der Waals surface area contributed by atoms with Crippen LogP contribution in [0.2, 0.25) is 0 Å². The number of nitrogens with one attached hydrogen (secondary N) is 1. The van der Waals surface area contributed by atoms with E-state index in [0.29, 0.717) is 12.2 Å². The second kappa shape index (κ2) is 6.87. The van der Waals surface area contributed by atoms with Crippen molar-refractivity contribution in [2.45, 2.75) is 25.9 Å². The first-order valence-corrected chi connectivity index (χ1v) is 7.82. The summed E-state index contributed by atoms with van der Waals surface area (Å²) in [5.41, 5.74) is 1.12. The molecular weight excluding hydrogens is 294 g/mol. The third-order valence-electron chi connectivity index (χ3n) is 4.11. The molecule has 2 aromatic heterocycles. The summed E-state index contributed by atoms with van der Waals surface area (Å²) in [5, 5.41) is 10.8. The summed E-state index contributed by atoms with van der Waals surface area (Å²) in [6, 6.07) is 3.47. The van der Waals surface area contributed by atoms with Crippen molar-refractivity contribution in [3.05, 3.63) is 41.7 Å². The number of amides is 1. The number of nitrogens with zero attached hydrogens (tertiary/aromatic N) is 4. The molecule has 3 heterocycles. The van der Waals surface area contributed by atoms with Gasteiger partial charge in [0.05, 0.1) is 5.69 Å². The third kappa shape index (κ3) is 3.56. The monoisotopic (exact) mass is 315 g/mol. The van der Waals surface area contributed by atoms with Crippen LogP contribution in [0.4, 0.5) is 0 Å². The molecule has 1 amide bonds. The number of imidazole rings is 1. The molecule has 1 saturated heterocycles. The van der Waals surface area contributed by atoms with E-state index in [4.69, 9.17) is 4.74 Å². The molecule has 2 aromatic rings. The van der Waals surface area contributed by atoms with Gasteiger partial charge in [-0.1, -0.05) is 0 Å². The first kappa shape index (κ1) is 15.6. The minimum absolute atomic E-state index is 0.0897. The molecule has 1 aliphatic heterocycles.